The van der Waals surface area contributed by atoms with Crippen molar-refractivity contribution in [2.45, 2.75) is 18.8 Å². The van der Waals surface area contributed by atoms with Crippen LogP contribution >= 0.6 is 0 Å². The van der Waals surface area contributed by atoms with Crippen molar-refractivity contribution >= 4 is 5.97 Å². The van der Waals surface area contributed by atoms with Gasteiger partial charge in [-0.05, 0) is 49.7 Å². The average molecular weight is 310 g/mol. The third-order valence-electron chi connectivity index (χ3n) is 4.25. The molecule has 3 rings (SSSR count). The number of likely N-dealkylation sites (N-methyl/N-ethyl adjacent to an activating group) is 1. The monoisotopic (exact) mass is 310 g/mol. The number of pyridine rings is 1. The van der Waals surface area contributed by atoms with Crippen LogP contribution in [0.5, 0.6) is 0 Å². The molecule has 4 nitrogen and oxygen atoms in total. The summed E-state index contributed by atoms with van der Waals surface area (Å²) in [4.78, 5) is 19.3. The molecular weight excluding hydrogens is 288 g/mol. The largest absolute Gasteiger partial charge is 0.464 e. The van der Waals surface area contributed by atoms with Crippen molar-refractivity contribution in [1.82, 2.24) is 9.88 Å². The lowest BCUT2D eigenvalue weighted by Gasteiger charge is -2.19. The van der Waals surface area contributed by atoms with E-state index in [4.69, 9.17) is 4.74 Å². The first kappa shape index (κ1) is 15.7. The predicted molar refractivity (Wildman–Crippen MR) is 89.4 cm³/mol. The summed E-state index contributed by atoms with van der Waals surface area (Å²) in [5.41, 5.74) is 4.24. The molecule has 0 N–H and O–H groups in total. The van der Waals surface area contributed by atoms with Gasteiger partial charge < -0.3 is 9.64 Å². The average Bonchev–Trinajstić information content (AvgIpc) is 2.71. The minimum Gasteiger partial charge on any atom is -0.464 e. The third-order valence-corrected chi connectivity index (χ3v) is 4.25. The topological polar surface area (TPSA) is 42.4 Å². The van der Waals surface area contributed by atoms with E-state index in [1.807, 2.05) is 49.3 Å². The maximum absolute atomic E-state index is 12.8. The fraction of sp³-hybridized carbons (Fsp3) is 0.368. The summed E-state index contributed by atoms with van der Waals surface area (Å²) in [5.74, 6) is -0.560. The van der Waals surface area contributed by atoms with Crippen molar-refractivity contribution in [3.05, 3.63) is 65.0 Å². The van der Waals surface area contributed by atoms with Crippen LogP contribution < -0.4 is 0 Å². The van der Waals surface area contributed by atoms with Crippen LogP contribution in [0.15, 0.2) is 42.6 Å². The number of carbonyl (C=O) groups excluding carboxylic acids is 1. The smallest absolute Gasteiger partial charge is 0.318 e. The van der Waals surface area contributed by atoms with Crippen LogP contribution in [0.1, 0.15) is 28.3 Å². The Morgan fingerprint density at radius 2 is 1.96 bits per heavy atom. The molecule has 0 bridgehead atoms. The van der Waals surface area contributed by atoms with Crippen molar-refractivity contribution in [3.63, 3.8) is 0 Å². The highest BCUT2D eigenvalue weighted by atomic mass is 16.5. The van der Waals surface area contributed by atoms with Crippen LogP contribution in [0, 0.1) is 0 Å². The summed E-state index contributed by atoms with van der Waals surface area (Å²) in [6.45, 7) is 1.13. The first-order valence-electron chi connectivity index (χ1n) is 8.00. The van der Waals surface area contributed by atoms with Crippen LogP contribution in [0.3, 0.4) is 0 Å². The highest BCUT2D eigenvalue weighted by molar-refractivity contribution is 5.83. The van der Waals surface area contributed by atoms with Crippen LogP contribution in [-0.2, 0) is 22.4 Å². The highest BCUT2D eigenvalue weighted by Gasteiger charge is 2.31. The predicted octanol–water partition coefficient (Wildman–Crippen LogP) is 2.42. The molecule has 0 aliphatic heterocycles. The quantitative estimate of drug-likeness (QED) is 0.813. The standard InChI is InChI=1S/C19H22N2O2/c1-21(2)12-13-23-19(22)18-15-7-4-3-6-14(15)9-10-17-16(18)8-5-11-20-17/h3-8,11,18H,9-10,12-13H2,1-2H3. The lowest BCUT2D eigenvalue weighted by Crippen LogP contribution is -2.24. The number of hydrogen-bond acceptors (Lipinski definition) is 4. The molecule has 0 radical (unpaired) electrons. The van der Waals surface area contributed by atoms with Gasteiger partial charge in [0.25, 0.3) is 0 Å². The van der Waals surface area contributed by atoms with Gasteiger partial charge in [-0.15, -0.1) is 0 Å². The molecule has 1 aliphatic carbocycles. The van der Waals surface area contributed by atoms with Gasteiger partial charge in [0.2, 0.25) is 0 Å². The first-order chi connectivity index (χ1) is 11.2. The molecule has 120 valence electrons. The van der Waals surface area contributed by atoms with Crippen molar-refractivity contribution in [2.75, 3.05) is 27.2 Å². The maximum atomic E-state index is 12.8. The van der Waals surface area contributed by atoms with Crippen molar-refractivity contribution < 1.29 is 9.53 Å². The van der Waals surface area contributed by atoms with Crippen molar-refractivity contribution in [3.8, 4) is 0 Å². The Hall–Kier alpha value is -2.20. The molecule has 4 heteroatoms. The molecule has 2 aromatic rings. The van der Waals surface area contributed by atoms with Crippen LogP contribution in [0.25, 0.3) is 0 Å². The van der Waals surface area contributed by atoms with E-state index in [1.165, 1.54) is 5.56 Å². The lowest BCUT2D eigenvalue weighted by atomic mass is 9.89. The Bertz CT molecular complexity index is 650. The van der Waals surface area contributed by atoms with E-state index >= 15 is 0 Å². The molecule has 0 fully saturated rings. The van der Waals surface area contributed by atoms with Gasteiger partial charge in [0.1, 0.15) is 12.5 Å². The molecule has 1 aliphatic rings. The number of aromatic nitrogens is 1. The number of rotatable bonds is 4. The highest BCUT2D eigenvalue weighted by Crippen LogP contribution is 2.34. The van der Waals surface area contributed by atoms with Gasteiger partial charge in [0.15, 0.2) is 0 Å². The van der Waals surface area contributed by atoms with Gasteiger partial charge in [-0.1, -0.05) is 30.3 Å². The molecular formula is C19H22N2O2. The van der Waals surface area contributed by atoms with Gasteiger partial charge in [0, 0.05) is 18.4 Å². The molecule has 0 saturated heterocycles. The van der Waals surface area contributed by atoms with E-state index in [-0.39, 0.29) is 11.9 Å². The van der Waals surface area contributed by atoms with Gasteiger partial charge >= 0.3 is 5.97 Å². The molecule has 0 spiro atoms. The molecule has 0 amide bonds. The van der Waals surface area contributed by atoms with Crippen LogP contribution in [-0.4, -0.2) is 43.1 Å². The number of hydrogen-bond donors (Lipinski definition) is 0. The van der Waals surface area contributed by atoms with Gasteiger partial charge in [-0.25, -0.2) is 0 Å². The fourth-order valence-electron chi connectivity index (χ4n) is 3.05. The number of carbonyl (C=O) groups is 1. The SMILES string of the molecule is CN(C)CCOC(=O)C1c2ccccc2CCc2ncccc21. The zero-order chi connectivity index (χ0) is 16.2. The second kappa shape index (κ2) is 6.92. The van der Waals surface area contributed by atoms with Crippen LogP contribution in [0.2, 0.25) is 0 Å². The van der Waals surface area contributed by atoms with Gasteiger partial charge in [-0.2, -0.15) is 0 Å². The number of aryl methyl sites for hydroxylation is 2. The Morgan fingerprint density at radius 1 is 1.17 bits per heavy atom. The second-order valence-corrected chi connectivity index (χ2v) is 6.14. The Kier molecular flexibility index (Phi) is 4.72. The molecule has 0 saturated carbocycles. The molecule has 1 aromatic heterocycles. The van der Waals surface area contributed by atoms with E-state index in [0.717, 1.165) is 36.2 Å². The van der Waals surface area contributed by atoms with E-state index in [2.05, 4.69) is 11.1 Å². The number of nitrogens with zero attached hydrogens (tertiary/aromatic N) is 2. The maximum Gasteiger partial charge on any atom is 0.318 e. The van der Waals surface area contributed by atoms with E-state index in [9.17, 15) is 4.79 Å². The first-order valence-corrected chi connectivity index (χ1v) is 8.00. The van der Waals surface area contributed by atoms with E-state index in [0.29, 0.717) is 6.61 Å². The Balaban J connectivity index is 1.95. The molecule has 23 heavy (non-hydrogen) atoms. The summed E-state index contributed by atoms with van der Waals surface area (Å²) < 4.78 is 5.55. The Labute approximate surface area is 137 Å². The van der Waals surface area contributed by atoms with Crippen LogP contribution in [0.4, 0.5) is 0 Å². The summed E-state index contributed by atoms with van der Waals surface area (Å²) in [6, 6.07) is 12.0. The second-order valence-electron chi connectivity index (χ2n) is 6.14. The zero-order valence-corrected chi connectivity index (χ0v) is 13.7. The minimum atomic E-state index is -0.375. The Morgan fingerprint density at radius 3 is 2.78 bits per heavy atom. The van der Waals surface area contributed by atoms with Gasteiger partial charge in [0.05, 0.1) is 0 Å². The number of esters is 1. The molecule has 1 atom stereocenters. The molecule has 1 unspecified atom stereocenters. The summed E-state index contributed by atoms with van der Waals surface area (Å²) in [5, 5.41) is 0. The number of benzene rings is 1. The molecule has 1 heterocycles. The third kappa shape index (κ3) is 3.42. The summed E-state index contributed by atoms with van der Waals surface area (Å²) in [6.07, 6.45) is 3.56. The zero-order valence-electron chi connectivity index (χ0n) is 13.7. The number of fused-ring (bicyclic) bond motifs is 2. The molecule has 1 aromatic carbocycles. The van der Waals surface area contributed by atoms with Gasteiger partial charge in [-0.3, -0.25) is 9.78 Å². The fourth-order valence-corrected chi connectivity index (χ4v) is 3.05. The van der Waals surface area contributed by atoms with E-state index in [1.54, 1.807) is 6.20 Å². The van der Waals surface area contributed by atoms with Crippen molar-refractivity contribution in [1.29, 1.82) is 0 Å². The minimum absolute atomic E-state index is 0.185. The van der Waals surface area contributed by atoms with Crippen molar-refractivity contribution in [2.24, 2.45) is 0 Å². The lowest BCUT2D eigenvalue weighted by molar-refractivity contribution is -0.144. The summed E-state index contributed by atoms with van der Waals surface area (Å²) in [7, 11) is 3.93. The van der Waals surface area contributed by atoms with E-state index < -0.39 is 0 Å². The normalized spacial score (nSPS) is 16.4. The summed E-state index contributed by atoms with van der Waals surface area (Å²) >= 11 is 0. The number of ether oxygens (including phenoxy) is 1.